The van der Waals surface area contributed by atoms with Crippen molar-refractivity contribution in [3.63, 3.8) is 0 Å². The monoisotopic (exact) mass is 304 g/mol. The lowest BCUT2D eigenvalue weighted by Crippen LogP contribution is -2.32. The molecule has 0 spiro atoms. The molecule has 1 aliphatic rings. The van der Waals surface area contributed by atoms with Crippen molar-refractivity contribution in [2.45, 2.75) is 30.7 Å². The van der Waals surface area contributed by atoms with Gasteiger partial charge in [0.25, 0.3) is 0 Å². The SMILES string of the molecule is CC(C)OC(=O)C(Cl)(Cl)Cc1ccc2c(c1)OCO2. The van der Waals surface area contributed by atoms with Gasteiger partial charge in [0, 0.05) is 6.42 Å². The zero-order valence-corrected chi connectivity index (χ0v) is 12.1. The third-order valence-electron chi connectivity index (χ3n) is 2.50. The normalized spacial score (nSPS) is 13.7. The van der Waals surface area contributed by atoms with Crippen LogP contribution in [-0.4, -0.2) is 23.2 Å². The smallest absolute Gasteiger partial charge is 0.343 e. The van der Waals surface area contributed by atoms with E-state index in [4.69, 9.17) is 37.4 Å². The molecule has 0 bridgehead atoms. The number of esters is 1. The summed E-state index contributed by atoms with van der Waals surface area (Å²) in [4.78, 5) is 11.8. The lowest BCUT2D eigenvalue weighted by atomic mass is 10.1. The molecule has 19 heavy (non-hydrogen) atoms. The summed E-state index contributed by atoms with van der Waals surface area (Å²) in [6.07, 6.45) is -0.126. The topological polar surface area (TPSA) is 44.8 Å². The van der Waals surface area contributed by atoms with Crippen LogP contribution in [0.4, 0.5) is 0 Å². The third-order valence-corrected chi connectivity index (χ3v) is 3.08. The number of halogens is 2. The summed E-state index contributed by atoms with van der Waals surface area (Å²) < 4.78 is 13.9. The van der Waals surface area contributed by atoms with Crippen molar-refractivity contribution < 1.29 is 19.0 Å². The van der Waals surface area contributed by atoms with Gasteiger partial charge in [-0.25, -0.2) is 4.79 Å². The van der Waals surface area contributed by atoms with E-state index in [1.54, 1.807) is 32.0 Å². The Labute approximate surface area is 121 Å². The van der Waals surface area contributed by atoms with Crippen LogP contribution in [0.15, 0.2) is 18.2 Å². The number of ether oxygens (including phenoxy) is 3. The first kappa shape index (κ1) is 14.3. The highest BCUT2D eigenvalue weighted by Gasteiger charge is 2.36. The number of alkyl halides is 2. The van der Waals surface area contributed by atoms with E-state index in [9.17, 15) is 4.79 Å². The molecule has 0 N–H and O–H groups in total. The standard InChI is InChI=1S/C13H14Cl2O4/c1-8(2)19-12(16)13(14,15)6-9-3-4-10-11(5-9)18-7-17-10/h3-5,8H,6-7H2,1-2H3. The molecule has 0 atom stereocenters. The fourth-order valence-electron chi connectivity index (χ4n) is 1.68. The Morgan fingerprint density at radius 2 is 2.05 bits per heavy atom. The Balaban J connectivity index is 2.09. The molecule has 1 aliphatic heterocycles. The summed E-state index contributed by atoms with van der Waals surface area (Å²) in [5, 5.41) is 0. The molecular weight excluding hydrogens is 291 g/mol. The molecule has 0 aliphatic carbocycles. The Hall–Kier alpha value is -1.13. The minimum absolute atomic E-state index is 0.137. The van der Waals surface area contributed by atoms with E-state index in [1.807, 2.05) is 0 Å². The summed E-state index contributed by atoms with van der Waals surface area (Å²) in [5.74, 6) is 0.644. The molecule has 6 heteroatoms. The van der Waals surface area contributed by atoms with Crippen LogP contribution in [-0.2, 0) is 16.0 Å². The zero-order chi connectivity index (χ0) is 14.0. The summed E-state index contributed by atoms with van der Waals surface area (Å²) in [6, 6.07) is 5.30. The van der Waals surface area contributed by atoms with Crippen molar-refractivity contribution in [2.75, 3.05) is 6.79 Å². The summed E-state index contributed by atoms with van der Waals surface area (Å²) >= 11 is 12.1. The van der Waals surface area contributed by atoms with Gasteiger partial charge in [-0.1, -0.05) is 29.3 Å². The van der Waals surface area contributed by atoms with Crippen molar-refractivity contribution in [1.29, 1.82) is 0 Å². The van der Waals surface area contributed by atoms with E-state index in [0.29, 0.717) is 11.5 Å². The molecule has 1 aromatic rings. The second-order valence-corrected chi connectivity index (χ2v) is 6.01. The number of fused-ring (bicyclic) bond motifs is 1. The predicted molar refractivity (Wildman–Crippen MR) is 71.9 cm³/mol. The highest BCUT2D eigenvalue weighted by molar-refractivity contribution is 6.57. The highest BCUT2D eigenvalue weighted by atomic mass is 35.5. The van der Waals surface area contributed by atoms with Gasteiger partial charge in [0.15, 0.2) is 11.5 Å². The maximum Gasteiger partial charge on any atom is 0.343 e. The minimum Gasteiger partial charge on any atom is -0.461 e. The lowest BCUT2D eigenvalue weighted by molar-refractivity contribution is -0.148. The number of rotatable bonds is 4. The maximum absolute atomic E-state index is 11.8. The molecular formula is C13H14Cl2O4. The van der Waals surface area contributed by atoms with E-state index in [-0.39, 0.29) is 19.3 Å². The molecule has 0 saturated heterocycles. The second-order valence-electron chi connectivity index (χ2n) is 4.52. The molecule has 0 unspecified atom stereocenters. The summed E-state index contributed by atoms with van der Waals surface area (Å²) in [5.41, 5.74) is 0.773. The Kier molecular flexibility index (Phi) is 4.11. The molecule has 0 amide bonds. The largest absolute Gasteiger partial charge is 0.461 e. The Bertz CT molecular complexity index is 486. The van der Waals surface area contributed by atoms with Crippen molar-refractivity contribution in [3.8, 4) is 11.5 Å². The summed E-state index contributed by atoms with van der Waals surface area (Å²) in [6.45, 7) is 3.67. The number of carbonyl (C=O) groups excluding carboxylic acids is 1. The number of carbonyl (C=O) groups is 1. The van der Waals surface area contributed by atoms with Gasteiger partial charge in [0.05, 0.1) is 6.10 Å². The van der Waals surface area contributed by atoms with Gasteiger partial charge in [0.2, 0.25) is 11.1 Å². The van der Waals surface area contributed by atoms with E-state index >= 15 is 0 Å². The van der Waals surface area contributed by atoms with Crippen LogP contribution in [0.1, 0.15) is 19.4 Å². The zero-order valence-electron chi connectivity index (χ0n) is 10.6. The van der Waals surface area contributed by atoms with Gasteiger partial charge >= 0.3 is 5.97 Å². The minimum atomic E-state index is -1.61. The van der Waals surface area contributed by atoms with E-state index in [1.165, 1.54) is 0 Å². The van der Waals surface area contributed by atoms with Crippen LogP contribution >= 0.6 is 23.2 Å². The highest BCUT2D eigenvalue weighted by Crippen LogP contribution is 2.35. The second kappa shape index (κ2) is 5.47. The number of benzene rings is 1. The average molecular weight is 305 g/mol. The Morgan fingerprint density at radius 1 is 1.37 bits per heavy atom. The first-order chi connectivity index (χ1) is 8.88. The van der Waals surface area contributed by atoms with Crippen molar-refractivity contribution in [2.24, 2.45) is 0 Å². The quantitative estimate of drug-likeness (QED) is 0.633. The molecule has 1 heterocycles. The van der Waals surface area contributed by atoms with Crippen LogP contribution in [0.3, 0.4) is 0 Å². The molecule has 0 radical (unpaired) electrons. The fraction of sp³-hybridized carbons (Fsp3) is 0.462. The van der Waals surface area contributed by atoms with Crippen molar-refractivity contribution >= 4 is 29.2 Å². The molecule has 1 aromatic carbocycles. The Morgan fingerprint density at radius 3 is 2.74 bits per heavy atom. The van der Waals surface area contributed by atoms with Crippen LogP contribution in [0.5, 0.6) is 11.5 Å². The van der Waals surface area contributed by atoms with E-state index in [0.717, 1.165) is 5.56 Å². The van der Waals surface area contributed by atoms with Crippen LogP contribution < -0.4 is 9.47 Å². The number of hydrogen-bond acceptors (Lipinski definition) is 4. The van der Waals surface area contributed by atoms with Crippen LogP contribution in [0.2, 0.25) is 0 Å². The van der Waals surface area contributed by atoms with Gasteiger partial charge in [-0.2, -0.15) is 0 Å². The van der Waals surface area contributed by atoms with Crippen molar-refractivity contribution in [3.05, 3.63) is 23.8 Å². The maximum atomic E-state index is 11.8. The van der Waals surface area contributed by atoms with E-state index in [2.05, 4.69) is 0 Å². The fourth-order valence-corrected chi connectivity index (χ4v) is 2.08. The van der Waals surface area contributed by atoms with Gasteiger partial charge in [-0.3, -0.25) is 0 Å². The molecule has 2 rings (SSSR count). The van der Waals surface area contributed by atoms with Gasteiger partial charge in [0.1, 0.15) is 0 Å². The average Bonchev–Trinajstić information content (AvgIpc) is 2.74. The molecule has 0 saturated carbocycles. The number of hydrogen-bond donors (Lipinski definition) is 0. The van der Waals surface area contributed by atoms with Crippen molar-refractivity contribution in [1.82, 2.24) is 0 Å². The van der Waals surface area contributed by atoms with E-state index < -0.39 is 10.3 Å². The first-order valence-corrected chi connectivity index (χ1v) is 6.61. The molecule has 104 valence electrons. The van der Waals surface area contributed by atoms with Crippen LogP contribution in [0.25, 0.3) is 0 Å². The lowest BCUT2D eigenvalue weighted by Gasteiger charge is -2.19. The molecule has 0 aromatic heterocycles. The molecule has 4 nitrogen and oxygen atoms in total. The van der Waals surface area contributed by atoms with Gasteiger partial charge < -0.3 is 14.2 Å². The first-order valence-electron chi connectivity index (χ1n) is 5.86. The predicted octanol–water partition coefficient (Wildman–Crippen LogP) is 3.08. The molecule has 0 fully saturated rings. The van der Waals surface area contributed by atoms with Gasteiger partial charge in [-0.05, 0) is 31.5 Å². The third kappa shape index (κ3) is 3.45. The summed E-state index contributed by atoms with van der Waals surface area (Å²) in [7, 11) is 0. The van der Waals surface area contributed by atoms with Crippen LogP contribution in [0, 0.1) is 0 Å². The van der Waals surface area contributed by atoms with Gasteiger partial charge in [-0.15, -0.1) is 0 Å².